The van der Waals surface area contributed by atoms with Crippen LogP contribution in [0.25, 0.3) is 0 Å². The highest BCUT2D eigenvalue weighted by molar-refractivity contribution is 7.13. The zero-order valence-corrected chi connectivity index (χ0v) is 21.1. The largest absolute Gasteiger partial charge is 0.470 e. The highest BCUT2D eigenvalue weighted by Crippen LogP contribution is 2.34. The molecule has 2 aromatic heterocycles. The number of carbonyl (C=O) groups excluding carboxylic acids is 1. The molecule has 1 saturated carbocycles. The molecule has 1 aliphatic heterocycles. The van der Waals surface area contributed by atoms with Crippen LogP contribution in [0.2, 0.25) is 0 Å². The highest BCUT2D eigenvalue weighted by Gasteiger charge is 2.28. The summed E-state index contributed by atoms with van der Waals surface area (Å²) in [4.78, 5) is 25.0. The maximum atomic E-state index is 12.7. The molecule has 1 aliphatic carbocycles. The van der Waals surface area contributed by atoms with Gasteiger partial charge in [0.1, 0.15) is 0 Å². The molecule has 0 unspecified atom stereocenters. The molecule has 0 radical (unpaired) electrons. The Morgan fingerprint density at radius 2 is 1.91 bits per heavy atom. The van der Waals surface area contributed by atoms with Gasteiger partial charge in [0.2, 0.25) is 0 Å². The summed E-state index contributed by atoms with van der Waals surface area (Å²) in [5, 5.41) is 0.363. The second-order valence-corrected chi connectivity index (χ2v) is 10.9. The number of aromatic nitrogens is 2. The number of fused-ring (bicyclic) bond motifs is 1. The lowest BCUT2D eigenvalue weighted by Crippen LogP contribution is -2.29. The molecule has 3 heterocycles. The van der Waals surface area contributed by atoms with Crippen LogP contribution in [0.1, 0.15) is 71.6 Å². The average molecular weight is 510 g/mol. The van der Waals surface area contributed by atoms with Crippen LogP contribution in [-0.2, 0) is 12.8 Å². The number of alkyl halides is 3. The molecule has 0 amide bonds. The van der Waals surface area contributed by atoms with E-state index in [-0.39, 0.29) is 12.4 Å². The molecule has 35 heavy (non-hydrogen) atoms. The number of rotatable bonds is 9. The van der Waals surface area contributed by atoms with Crippen LogP contribution in [0.15, 0.2) is 18.3 Å². The van der Waals surface area contributed by atoms with Crippen LogP contribution >= 0.6 is 11.3 Å². The van der Waals surface area contributed by atoms with Gasteiger partial charge in [-0.25, -0.2) is 4.98 Å². The van der Waals surface area contributed by atoms with E-state index in [2.05, 4.69) is 14.9 Å². The van der Waals surface area contributed by atoms with Crippen molar-refractivity contribution in [2.75, 3.05) is 26.2 Å². The van der Waals surface area contributed by atoms with Gasteiger partial charge in [0.25, 0.3) is 5.19 Å². The predicted molar refractivity (Wildman–Crippen MR) is 130 cm³/mol. The number of hydrogen-bond donors (Lipinski definition) is 0. The molecule has 0 saturated heterocycles. The first-order valence-corrected chi connectivity index (χ1v) is 13.4. The van der Waals surface area contributed by atoms with Gasteiger partial charge in [-0.1, -0.05) is 24.2 Å². The Morgan fingerprint density at radius 3 is 2.66 bits per heavy atom. The number of Topliss-reactive ketones (excluding diaryl/α,β-unsaturated/α-hetero) is 1. The number of aryl methyl sites for hydroxylation is 1. The lowest BCUT2D eigenvalue weighted by molar-refractivity contribution is -0.139. The fourth-order valence-corrected chi connectivity index (χ4v) is 6.13. The van der Waals surface area contributed by atoms with Crippen molar-refractivity contribution in [3.05, 3.63) is 40.2 Å². The lowest BCUT2D eigenvalue weighted by Gasteiger charge is -2.30. The van der Waals surface area contributed by atoms with Gasteiger partial charge in [0.15, 0.2) is 5.78 Å². The second-order valence-electron chi connectivity index (χ2n) is 9.84. The maximum Gasteiger partial charge on any atom is 0.392 e. The number of pyridine rings is 1. The second kappa shape index (κ2) is 11.8. The van der Waals surface area contributed by atoms with E-state index in [9.17, 15) is 18.0 Å². The summed E-state index contributed by atoms with van der Waals surface area (Å²) in [5.41, 5.74) is 2.56. The first kappa shape index (κ1) is 26.1. The monoisotopic (exact) mass is 509 g/mol. The van der Waals surface area contributed by atoms with Crippen LogP contribution in [0.3, 0.4) is 0 Å². The molecule has 1 fully saturated rings. The first-order valence-electron chi connectivity index (χ1n) is 12.6. The van der Waals surface area contributed by atoms with Gasteiger partial charge in [-0.3, -0.25) is 9.78 Å². The minimum atomic E-state index is -4.20. The minimum Gasteiger partial charge on any atom is -0.470 e. The van der Waals surface area contributed by atoms with E-state index in [0.29, 0.717) is 23.5 Å². The number of nitrogens with zero attached hydrogens (tertiary/aromatic N) is 3. The quantitative estimate of drug-likeness (QED) is 0.385. The third-order valence-electron chi connectivity index (χ3n) is 7.29. The highest BCUT2D eigenvalue weighted by atomic mass is 32.1. The van der Waals surface area contributed by atoms with Crippen molar-refractivity contribution in [2.24, 2.45) is 11.8 Å². The van der Waals surface area contributed by atoms with Gasteiger partial charge in [0, 0.05) is 48.3 Å². The van der Waals surface area contributed by atoms with E-state index < -0.39 is 12.6 Å². The van der Waals surface area contributed by atoms with Gasteiger partial charge < -0.3 is 9.64 Å². The molecule has 0 spiro atoms. The smallest absolute Gasteiger partial charge is 0.392 e. The molecular weight excluding hydrogens is 475 g/mol. The summed E-state index contributed by atoms with van der Waals surface area (Å²) in [6.45, 7) is 4.46. The van der Waals surface area contributed by atoms with E-state index in [4.69, 9.17) is 4.74 Å². The van der Waals surface area contributed by atoms with Crippen LogP contribution in [0.4, 0.5) is 13.2 Å². The van der Waals surface area contributed by atoms with E-state index in [0.717, 1.165) is 67.1 Å². The van der Waals surface area contributed by atoms with Gasteiger partial charge in [-0.05, 0) is 63.1 Å². The molecule has 0 N–H and O–H groups in total. The van der Waals surface area contributed by atoms with E-state index in [1.54, 1.807) is 6.20 Å². The Bertz CT molecular complexity index is 961. The Morgan fingerprint density at radius 1 is 1.17 bits per heavy atom. The van der Waals surface area contributed by atoms with Crippen LogP contribution in [0, 0.1) is 18.8 Å². The third-order valence-corrected chi connectivity index (χ3v) is 8.36. The number of ether oxygens (including phenoxy) is 1. The fourth-order valence-electron chi connectivity index (χ4n) is 5.17. The third kappa shape index (κ3) is 7.74. The zero-order valence-electron chi connectivity index (χ0n) is 20.3. The summed E-state index contributed by atoms with van der Waals surface area (Å²) < 4.78 is 42.2. The van der Waals surface area contributed by atoms with Crippen molar-refractivity contribution in [2.45, 2.75) is 70.9 Å². The predicted octanol–water partition coefficient (Wildman–Crippen LogP) is 6.05. The Labute approximate surface area is 209 Å². The van der Waals surface area contributed by atoms with Crippen molar-refractivity contribution in [1.82, 2.24) is 14.9 Å². The van der Waals surface area contributed by atoms with Crippen molar-refractivity contribution in [3.63, 3.8) is 0 Å². The number of carbonyl (C=O) groups is 1. The Hall–Kier alpha value is -2.00. The van der Waals surface area contributed by atoms with E-state index in [1.807, 2.05) is 19.1 Å². The molecule has 2 aromatic rings. The topological polar surface area (TPSA) is 55.3 Å². The van der Waals surface area contributed by atoms with Crippen LogP contribution in [0.5, 0.6) is 5.19 Å². The maximum absolute atomic E-state index is 12.7. The number of thiazole rings is 1. The van der Waals surface area contributed by atoms with Crippen LogP contribution in [-0.4, -0.2) is 53.1 Å². The summed E-state index contributed by atoms with van der Waals surface area (Å²) in [5.74, 6) is 1.41. The van der Waals surface area contributed by atoms with Crippen molar-refractivity contribution >= 4 is 17.1 Å². The lowest BCUT2D eigenvalue weighted by atomic mass is 9.78. The molecular formula is C26H34F3N3O2S. The molecule has 2 aliphatic rings. The molecule has 9 heteroatoms. The van der Waals surface area contributed by atoms with E-state index >= 15 is 0 Å². The molecule has 0 bridgehead atoms. The van der Waals surface area contributed by atoms with Crippen molar-refractivity contribution in [1.29, 1.82) is 0 Å². The normalized spacial score (nSPS) is 21.4. The number of hydrogen-bond acceptors (Lipinski definition) is 6. The van der Waals surface area contributed by atoms with E-state index in [1.165, 1.54) is 30.6 Å². The molecule has 4 rings (SSSR count). The molecule has 0 atom stereocenters. The summed E-state index contributed by atoms with van der Waals surface area (Å²) >= 11 is 1.39. The number of halogens is 3. The van der Waals surface area contributed by atoms with Crippen LogP contribution < -0.4 is 4.74 Å². The molecule has 192 valence electrons. The zero-order chi connectivity index (χ0) is 24.8. The van der Waals surface area contributed by atoms with Gasteiger partial charge in [0.05, 0.1) is 18.7 Å². The molecule has 0 aromatic carbocycles. The Kier molecular flexibility index (Phi) is 8.81. The standard InChI is InChI=1S/C26H34F3N3O2S/c1-18-21(3-2-12-30-18)23(33)17-20-6-4-19(5-7-20)8-13-32-14-9-22-24(10-15-32)35-25(31-22)34-16-11-26(27,28)29/h2-3,12,19-20H,4-11,13-17H2,1H3. The Balaban J connectivity index is 1.15. The fraction of sp³-hybridized carbons (Fsp3) is 0.654. The molecule has 5 nitrogen and oxygen atoms in total. The average Bonchev–Trinajstić information content (AvgIpc) is 3.10. The summed E-state index contributed by atoms with van der Waals surface area (Å²) in [6, 6.07) is 3.72. The van der Waals surface area contributed by atoms with Crippen molar-refractivity contribution < 1.29 is 22.7 Å². The SMILES string of the molecule is Cc1ncccc1C(=O)CC1CCC(CCN2CCc3nc(OCCC(F)(F)F)sc3CC2)CC1. The van der Waals surface area contributed by atoms with Gasteiger partial charge >= 0.3 is 6.18 Å². The first-order chi connectivity index (χ1) is 16.8. The summed E-state index contributed by atoms with van der Waals surface area (Å²) in [6.07, 6.45) is 4.68. The summed E-state index contributed by atoms with van der Waals surface area (Å²) in [7, 11) is 0. The number of ketones is 1. The van der Waals surface area contributed by atoms with Gasteiger partial charge in [-0.2, -0.15) is 13.2 Å². The van der Waals surface area contributed by atoms with Gasteiger partial charge in [-0.15, -0.1) is 0 Å². The minimum absolute atomic E-state index is 0.221. The van der Waals surface area contributed by atoms with Crippen molar-refractivity contribution in [3.8, 4) is 5.19 Å².